The number of hydrogen-bond donors (Lipinski definition) is 2. The van der Waals surface area contributed by atoms with Crippen molar-refractivity contribution in [3.8, 4) is 23.5 Å². The van der Waals surface area contributed by atoms with Gasteiger partial charge in [0.05, 0.1) is 39.6 Å². The van der Waals surface area contributed by atoms with Crippen LogP contribution in [0.15, 0.2) is 59.5 Å². The van der Waals surface area contributed by atoms with Crippen LogP contribution in [0.3, 0.4) is 0 Å². The fourth-order valence-corrected chi connectivity index (χ4v) is 6.37. The van der Waals surface area contributed by atoms with Gasteiger partial charge in [0.2, 0.25) is 11.8 Å². The molecule has 2 bridgehead atoms. The first-order valence-corrected chi connectivity index (χ1v) is 12.3. The van der Waals surface area contributed by atoms with E-state index in [1.807, 2.05) is 31.2 Å². The van der Waals surface area contributed by atoms with Crippen LogP contribution in [0.4, 0.5) is 0 Å². The van der Waals surface area contributed by atoms with Gasteiger partial charge in [-0.3, -0.25) is 9.36 Å². The molecule has 0 saturated carbocycles. The number of nitrogens with zero attached hydrogens (tertiary/aromatic N) is 3. The van der Waals surface area contributed by atoms with E-state index >= 15 is 0 Å². The molecule has 0 aliphatic carbocycles. The highest BCUT2D eigenvalue weighted by Crippen LogP contribution is 2.66. The molecule has 2 aromatic heterocycles. The number of benzene rings is 2. The lowest BCUT2D eigenvalue weighted by Gasteiger charge is -2.29. The van der Waals surface area contributed by atoms with Crippen molar-refractivity contribution in [2.24, 2.45) is 0 Å². The predicted octanol–water partition coefficient (Wildman–Crippen LogP) is 4.68. The average molecular weight is 518 g/mol. The third kappa shape index (κ3) is 3.18. The van der Waals surface area contributed by atoms with Crippen LogP contribution in [0.1, 0.15) is 36.5 Å². The normalized spacial score (nSPS) is 23.9. The topological polar surface area (TPSA) is 110 Å². The van der Waals surface area contributed by atoms with Crippen LogP contribution in [0.2, 0.25) is 5.02 Å². The third-order valence-corrected chi connectivity index (χ3v) is 8.08. The second-order valence-electron chi connectivity index (χ2n) is 9.78. The number of nitriles is 1. The van der Waals surface area contributed by atoms with Gasteiger partial charge in [0, 0.05) is 43.1 Å². The Morgan fingerprint density at radius 1 is 1.14 bits per heavy atom. The molecule has 1 saturated heterocycles. The SMILES string of the molecule is CO[C@H]1CC2(CCn3cc(Cl)ccc3=O)OC1(C)c1c2c(O)n(-c2ccc(C#N)c3ccccc23)c1O. The van der Waals surface area contributed by atoms with E-state index in [0.717, 1.165) is 0 Å². The summed E-state index contributed by atoms with van der Waals surface area (Å²) in [6.45, 7) is 2.14. The molecule has 6 rings (SSSR count). The summed E-state index contributed by atoms with van der Waals surface area (Å²) < 4.78 is 15.3. The van der Waals surface area contributed by atoms with Gasteiger partial charge in [0.15, 0.2) is 0 Å². The summed E-state index contributed by atoms with van der Waals surface area (Å²) in [5.41, 5.74) is -0.218. The Bertz CT molecular complexity index is 1690. The monoisotopic (exact) mass is 517 g/mol. The van der Waals surface area contributed by atoms with E-state index in [2.05, 4.69) is 6.07 Å². The number of aromatic hydroxyl groups is 2. The van der Waals surface area contributed by atoms with Gasteiger partial charge < -0.3 is 24.3 Å². The van der Waals surface area contributed by atoms with Gasteiger partial charge in [0.1, 0.15) is 11.2 Å². The van der Waals surface area contributed by atoms with Crippen LogP contribution in [0.25, 0.3) is 16.5 Å². The summed E-state index contributed by atoms with van der Waals surface area (Å²) in [4.78, 5) is 12.4. The van der Waals surface area contributed by atoms with E-state index in [-0.39, 0.29) is 30.0 Å². The van der Waals surface area contributed by atoms with Gasteiger partial charge in [-0.15, -0.1) is 0 Å². The molecule has 0 spiro atoms. The molecule has 2 aliphatic rings. The Morgan fingerprint density at radius 3 is 2.59 bits per heavy atom. The lowest BCUT2D eigenvalue weighted by molar-refractivity contribution is -0.111. The maximum Gasteiger partial charge on any atom is 0.250 e. The first-order valence-electron chi connectivity index (χ1n) is 11.9. The van der Waals surface area contributed by atoms with Crippen molar-refractivity contribution in [2.75, 3.05) is 7.11 Å². The summed E-state index contributed by atoms with van der Waals surface area (Å²) >= 11 is 6.12. The van der Waals surface area contributed by atoms with Crippen molar-refractivity contribution in [2.45, 2.75) is 43.6 Å². The smallest absolute Gasteiger partial charge is 0.250 e. The predicted molar refractivity (Wildman–Crippen MR) is 137 cm³/mol. The maximum absolute atomic E-state index is 12.4. The summed E-state index contributed by atoms with van der Waals surface area (Å²) in [5.74, 6) is -0.285. The van der Waals surface area contributed by atoms with Crippen molar-refractivity contribution in [1.29, 1.82) is 5.26 Å². The van der Waals surface area contributed by atoms with E-state index in [9.17, 15) is 20.3 Å². The molecule has 188 valence electrons. The molecule has 2 aliphatic heterocycles. The summed E-state index contributed by atoms with van der Waals surface area (Å²) in [5, 5.41) is 34.7. The fraction of sp³-hybridized carbons (Fsp3) is 0.286. The zero-order valence-corrected chi connectivity index (χ0v) is 21.0. The molecule has 37 heavy (non-hydrogen) atoms. The quantitative estimate of drug-likeness (QED) is 0.398. The summed E-state index contributed by atoms with van der Waals surface area (Å²) in [7, 11) is 1.59. The van der Waals surface area contributed by atoms with Crippen LogP contribution >= 0.6 is 11.6 Å². The highest BCUT2D eigenvalue weighted by atomic mass is 35.5. The molecular weight excluding hydrogens is 494 g/mol. The Balaban J connectivity index is 1.54. The van der Waals surface area contributed by atoms with Crippen LogP contribution in [-0.2, 0) is 27.2 Å². The van der Waals surface area contributed by atoms with Crippen LogP contribution in [0, 0.1) is 11.3 Å². The van der Waals surface area contributed by atoms with Gasteiger partial charge in [-0.25, -0.2) is 0 Å². The van der Waals surface area contributed by atoms with Crippen LogP contribution in [-0.4, -0.2) is 32.6 Å². The van der Waals surface area contributed by atoms with E-state index in [4.69, 9.17) is 21.1 Å². The molecule has 1 fully saturated rings. The van der Waals surface area contributed by atoms with E-state index < -0.39 is 11.2 Å². The molecule has 2 aromatic carbocycles. The van der Waals surface area contributed by atoms with Gasteiger partial charge in [-0.2, -0.15) is 5.26 Å². The number of hydrogen-bond acceptors (Lipinski definition) is 6. The van der Waals surface area contributed by atoms with E-state index in [1.54, 1.807) is 31.5 Å². The van der Waals surface area contributed by atoms with Gasteiger partial charge in [0.25, 0.3) is 5.56 Å². The molecule has 0 amide bonds. The van der Waals surface area contributed by atoms with Gasteiger partial charge in [-0.05, 0) is 31.5 Å². The molecule has 2 unspecified atom stereocenters. The Kier molecular flexibility index (Phi) is 5.18. The first-order chi connectivity index (χ1) is 17.7. The molecule has 2 N–H and O–H groups in total. The third-order valence-electron chi connectivity index (χ3n) is 7.86. The minimum absolute atomic E-state index is 0.140. The number of pyridine rings is 1. The number of methoxy groups -OCH3 is 1. The zero-order valence-electron chi connectivity index (χ0n) is 20.2. The lowest BCUT2D eigenvalue weighted by atomic mass is 9.76. The minimum Gasteiger partial charge on any atom is -0.494 e. The van der Waals surface area contributed by atoms with E-state index in [1.165, 1.54) is 15.2 Å². The number of aryl methyl sites for hydroxylation is 1. The van der Waals surface area contributed by atoms with Gasteiger partial charge >= 0.3 is 0 Å². The van der Waals surface area contributed by atoms with E-state index in [0.29, 0.717) is 51.0 Å². The molecule has 4 heterocycles. The lowest BCUT2D eigenvalue weighted by Crippen LogP contribution is -2.35. The molecule has 0 radical (unpaired) electrons. The number of rotatable bonds is 5. The van der Waals surface area contributed by atoms with Crippen molar-refractivity contribution in [3.63, 3.8) is 0 Å². The Hall–Kier alpha value is -3.77. The zero-order chi connectivity index (χ0) is 26.1. The second kappa shape index (κ2) is 8.12. The Labute approximate surface area is 217 Å². The van der Waals surface area contributed by atoms with Crippen molar-refractivity contribution in [3.05, 3.63) is 86.8 Å². The maximum atomic E-state index is 12.4. The Morgan fingerprint density at radius 2 is 1.86 bits per heavy atom. The summed E-state index contributed by atoms with van der Waals surface area (Å²) in [6.07, 6.45) is 1.98. The van der Waals surface area contributed by atoms with Crippen LogP contribution < -0.4 is 5.56 Å². The number of halogens is 1. The first kappa shape index (κ1) is 23.6. The molecule has 3 atom stereocenters. The highest BCUT2D eigenvalue weighted by Gasteiger charge is 2.66. The van der Waals surface area contributed by atoms with Crippen molar-refractivity contribution in [1.82, 2.24) is 9.13 Å². The van der Waals surface area contributed by atoms with Gasteiger partial charge in [-0.1, -0.05) is 35.9 Å². The minimum atomic E-state index is -1.02. The van der Waals surface area contributed by atoms with Crippen molar-refractivity contribution >= 4 is 22.4 Å². The number of ether oxygens (including phenoxy) is 2. The average Bonchev–Trinajstić information content (AvgIpc) is 3.45. The molecule has 8 nitrogen and oxygen atoms in total. The molecular formula is C28H24ClN3O5. The standard InChI is InChI=1S/C28H24ClN3O5/c1-27-21(36-2)13-28(37-27,11-12-31-15-17(29)8-10-22(31)33)24-23(27)25(34)32(26(24)35)20-9-7-16(14-30)18-5-3-4-6-19(18)20/h3-10,15,21,34-35H,11-13H2,1-2H3/t21-,27?,28?/m0/s1. The molecule has 4 aromatic rings. The largest absolute Gasteiger partial charge is 0.494 e. The number of aromatic nitrogens is 2. The van der Waals surface area contributed by atoms with Crippen molar-refractivity contribution < 1.29 is 19.7 Å². The fourth-order valence-electron chi connectivity index (χ4n) is 6.19. The second-order valence-corrected chi connectivity index (χ2v) is 10.2. The number of fused-ring (bicyclic) bond motifs is 6. The van der Waals surface area contributed by atoms with Crippen LogP contribution in [0.5, 0.6) is 11.8 Å². The molecule has 9 heteroatoms. The summed E-state index contributed by atoms with van der Waals surface area (Å²) in [6, 6.07) is 15.9. The highest BCUT2D eigenvalue weighted by molar-refractivity contribution is 6.30.